The summed E-state index contributed by atoms with van der Waals surface area (Å²) in [6.07, 6.45) is 4.51. The average Bonchev–Trinajstić information content (AvgIpc) is 2.86. The van der Waals surface area contributed by atoms with Crippen LogP contribution in [0.15, 0.2) is 36.5 Å². The summed E-state index contributed by atoms with van der Waals surface area (Å²) in [5.41, 5.74) is 4.86. The maximum Gasteiger partial charge on any atom is 0.0161 e. The Balaban J connectivity index is 0.00000135. The van der Waals surface area contributed by atoms with Gasteiger partial charge in [0.1, 0.15) is 0 Å². The largest absolute Gasteiger partial charge is 0.304 e. The topological polar surface area (TPSA) is 12.9 Å². The molecule has 2 aromatic carbocycles. The molecular weight excluding hydrogens is 458 g/mol. The van der Waals surface area contributed by atoms with Crippen molar-refractivity contribution in [3.63, 3.8) is 0 Å². The minimum absolute atomic E-state index is 0. The van der Waals surface area contributed by atoms with Crippen LogP contribution in [0.3, 0.4) is 0 Å². The van der Waals surface area contributed by atoms with Crippen molar-refractivity contribution in [2.75, 3.05) is 0 Å². The number of fused-ring (bicyclic) bond motifs is 9. The van der Waals surface area contributed by atoms with Gasteiger partial charge in [0.15, 0.2) is 0 Å². The van der Waals surface area contributed by atoms with Crippen molar-refractivity contribution < 1.29 is 20.1 Å². The van der Waals surface area contributed by atoms with Gasteiger partial charge in [-0.25, -0.2) is 0 Å². The van der Waals surface area contributed by atoms with Crippen LogP contribution < -0.4 is 0 Å². The van der Waals surface area contributed by atoms with Gasteiger partial charge in [0.05, 0.1) is 0 Å². The van der Waals surface area contributed by atoms with Gasteiger partial charge >= 0.3 is 0 Å². The van der Waals surface area contributed by atoms with Crippen LogP contribution in [0.4, 0.5) is 0 Å². The smallest absolute Gasteiger partial charge is 0.0161 e. The second-order valence-corrected chi connectivity index (χ2v) is 7.82. The molecule has 1 nitrogen and oxygen atoms in total. The van der Waals surface area contributed by atoms with E-state index in [2.05, 4.69) is 56.1 Å². The predicted molar refractivity (Wildman–Crippen MR) is 91.2 cm³/mol. The fourth-order valence-corrected chi connectivity index (χ4v) is 5.20. The SMILES string of the molecule is CC12CCC(c3c1c[c-]c1c3ccc3cccnc31)C2(C)C.[Ir]. The molecule has 0 spiro atoms. The van der Waals surface area contributed by atoms with Gasteiger partial charge in [-0.15, -0.1) is 34.0 Å². The molecule has 0 amide bonds. The first-order chi connectivity index (χ1) is 10.5. The molecule has 1 saturated carbocycles. The van der Waals surface area contributed by atoms with E-state index in [1.165, 1.54) is 34.6 Å². The second-order valence-electron chi connectivity index (χ2n) is 7.82. The molecule has 23 heavy (non-hydrogen) atoms. The summed E-state index contributed by atoms with van der Waals surface area (Å²) < 4.78 is 0. The zero-order chi connectivity index (χ0) is 15.1. The van der Waals surface area contributed by atoms with Crippen molar-refractivity contribution in [1.29, 1.82) is 0 Å². The minimum Gasteiger partial charge on any atom is -0.304 e. The monoisotopic (exact) mass is 479 g/mol. The van der Waals surface area contributed by atoms with Gasteiger partial charge in [0.25, 0.3) is 0 Å². The first kappa shape index (κ1) is 15.3. The minimum atomic E-state index is 0. The zero-order valence-electron chi connectivity index (χ0n) is 13.7. The normalized spacial score (nSPS) is 27.2. The van der Waals surface area contributed by atoms with Crippen LogP contribution in [0.25, 0.3) is 21.7 Å². The molecule has 3 aromatic rings. The Kier molecular flexibility index (Phi) is 3.09. The van der Waals surface area contributed by atoms with E-state index in [0.29, 0.717) is 16.7 Å². The summed E-state index contributed by atoms with van der Waals surface area (Å²) in [4.78, 5) is 4.62. The molecule has 2 atom stereocenters. The third-order valence-corrected chi connectivity index (χ3v) is 6.89. The summed E-state index contributed by atoms with van der Waals surface area (Å²) >= 11 is 0. The van der Waals surface area contributed by atoms with Gasteiger partial charge in [0, 0.05) is 26.3 Å². The molecule has 1 aromatic heterocycles. The van der Waals surface area contributed by atoms with Crippen molar-refractivity contribution in [3.05, 3.63) is 53.7 Å². The summed E-state index contributed by atoms with van der Waals surface area (Å²) in [6, 6.07) is 14.5. The molecule has 5 rings (SSSR count). The zero-order valence-corrected chi connectivity index (χ0v) is 16.1. The third-order valence-electron chi connectivity index (χ3n) is 6.89. The number of rotatable bonds is 0. The van der Waals surface area contributed by atoms with Crippen LogP contribution in [0.2, 0.25) is 0 Å². The summed E-state index contributed by atoms with van der Waals surface area (Å²) in [5, 5.41) is 3.79. The number of hydrogen-bond donors (Lipinski definition) is 0. The Labute approximate surface area is 150 Å². The molecule has 2 bridgehead atoms. The van der Waals surface area contributed by atoms with E-state index in [9.17, 15) is 0 Å². The molecule has 2 heteroatoms. The molecule has 1 radical (unpaired) electrons. The number of nitrogens with zero attached hydrogens (tertiary/aromatic N) is 1. The average molecular weight is 479 g/mol. The van der Waals surface area contributed by atoms with Gasteiger partial charge in [-0.1, -0.05) is 45.4 Å². The Morgan fingerprint density at radius 3 is 2.83 bits per heavy atom. The van der Waals surface area contributed by atoms with E-state index in [-0.39, 0.29) is 20.1 Å². The van der Waals surface area contributed by atoms with Crippen LogP contribution in [0.5, 0.6) is 0 Å². The Bertz CT molecular complexity index is 943. The fourth-order valence-electron chi connectivity index (χ4n) is 5.20. The maximum atomic E-state index is 4.62. The van der Waals surface area contributed by atoms with Crippen molar-refractivity contribution in [2.24, 2.45) is 5.41 Å². The van der Waals surface area contributed by atoms with Crippen molar-refractivity contribution >= 4 is 21.7 Å². The first-order valence-corrected chi connectivity index (χ1v) is 8.26. The van der Waals surface area contributed by atoms with E-state index in [1.807, 2.05) is 12.3 Å². The van der Waals surface area contributed by atoms with Gasteiger partial charge in [0.2, 0.25) is 0 Å². The first-order valence-electron chi connectivity index (χ1n) is 8.26. The van der Waals surface area contributed by atoms with Crippen molar-refractivity contribution in [1.82, 2.24) is 4.98 Å². The van der Waals surface area contributed by atoms with Gasteiger partial charge in [-0.05, 0) is 40.1 Å². The molecule has 0 N–H and O–H groups in total. The standard InChI is InChI=1S/C21H20N.Ir/c1-20(2)16-10-11-21(20,3)17-9-8-15-14(18(16)17)7-6-13-5-4-12-22-19(13)15;/h4-7,9,12,16H,10-11H2,1-3H3;/q-1;. The maximum absolute atomic E-state index is 4.62. The Morgan fingerprint density at radius 1 is 1.17 bits per heavy atom. The summed E-state index contributed by atoms with van der Waals surface area (Å²) in [6.45, 7) is 7.36. The molecule has 2 aliphatic rings. The molecule has 0 saturated heterocycles. The van der Waals surface area contributed by atoms with Crippen LogP contribution in [-0.2, 0) is 25.5 Å². The second kappa shape index (κ2) is 4.65. The van der Waals surface area contributed by atoms with E-state index in [4.69, 9.17) is 0 Å². The summed E-state index contributed by atoms with van der Waals surface area (Å²) in [5.74, 6) is 0.672. The van der Waals surface area contributed by atoms with E-state index >= 15 is 0 Å². The van der Waals surface area contributed by atoms with Crippen LogP contribution >= 0.6 is 0 Å². The molecule has 1 fully saturated rings. The van der Waals surface area contributed by atoms with Crippen LogP contribution in [0.1, 0.15) is 50.7 Å². The van der Waals surface area contributed by atoms with E-state index < -0.39 is 0 Å². The Hall–Kier alpha value is -1.24. The van der Waals surface area contributed by atoms with Gasteiger partial charge in [-0.3, -0.25) is 0 Å². The van der Waals surface area contributed by atoms with Gasteiger partial charge in [-0.2, -0.15) is 0 Å². The number of hydrogen-bond acceptors (Lipinski definition) is 1. The third kappa shape index (κ3) is 1.64. The number of pyridine rings is 1. The van der Waals surface area contributed by atoms with Crippen LogP contribution in [-0.4, -0.2) is 4.98 Å². The molecule has 2 unspecified atom stereocenters. The molecule has 119 valence electrons. The number of benzene rings is 2. The van der Waals surface area contributed by atoms with E-state index in [1.54, 1.807) is 5.56 Å². The summed E-state index contributed by atoms with van der Waals surface area (Å²) in [7, 11) is 0. The Morgan fingerprint density at radius 2 is 2.00 bits per heavy atom. The predicted octanol–water partition coefficient (Wildman–Crippen LogP) is 5.36. The molecular formula is C21H20IrN-. The fraction of sp³-hybridized carbons (Fsp3) is 0.381. The molecule has 2 aliphatic carbocycles. The quantitative estimate of drug-likeness (QED) is 0.313. The molecule has 1 heterocycles. The number of aromatic nitrogens is 1. The molecule has 0 aliphatic heterocycles. The van der Waals surface area contributed by atoms with Crippen LogP contribution in [0, 0.1) is 11.5 Å². The van der Waals surface area contributed by atoms with Crippen molar-refractivity contribution in [2.45, 2.75) is 44.9 Å². The van der Waals surface area contributed by atoms with Gasteiger partial charge < -0.3 is 4.98 Å². The van der Waals surface area contributed by atoms with E-state index in [0.717, 1.165) is 5.52 Å². The van der Waals surface area contributed by atoms with Crippen molar-refractivity contribution in [3.8, 4) is 0 Å².